The lowest BCUT2D eigenvalue weighted by Crippen LogP contribution is -3.34. The van der Waals surface area contributed by atoms with Crippen LogP contribution in [-0.2, 0) is 4.79 Å². The monoisotopic (exact) mass is 489 g/mol. The van der Waals surface area contributed by atoms with Crippen molar-refractivity contribution in [3.63, 3.8) is 0 Å². The van der Waals surface area contributed by atoms with Crippen molar-refractivity contribution >= 4 is 28.7 Å². The first-order valence-corrected chi connectivity index (χ1v) is 9.56. The molecule has 2 aromatic heterocycles. The first-order valence-electron chi connectivity index (χ1n) is 8.10. The maximum Gasteiger partial charge on any atom is 0.310 e. The number of esters is 1. The topological polar surface area (TPSA) is 67.9 Å². The number of halogens is 2. The predicted octanol–water partition coefficient (Wildman–Crippen LogP) is 1.59. The Balaban J connectivity index is 1.69. The zero-order valence-electron chi connectivity index (χ0n) is 14.2. The second kappa shape index (κ2) is 7.28. The average molecular weight is 490 g/mol. The molecule has 1 radical (unpaired) electrons. The zero-order chi connectivity index (χ0) is 19.0. The molecule has 4 aromatic rings. The zero-order valence-corrected chi connectivity index (χ0v) is 17.1. The van der Waals surface area contributed by atoms with Crippen LogP contribution in [-0.4, -0.2) is 20.9 Å². The third-order valence-corrected chi connectivity index (χ3v) is 4.99. The Kier molecular flexibility index (Phi) is 4.84. The Bertz CT molecular complexity index is 1140. The van der Waals surface area contributed by atoms with E-state index in [0.29, 0.717) is 21.9 Å². The van der Waals surface area contributed by atoms with Gasteiger partial charge in [-0.15, -0.1) is 0 Å². The van der Waals surface area contributed by atoms with Gasteiger partial charge in [0, 0.05) is 12.5 Å². The van der Waals surface area contributed by atoms with Crippen molar-refractivity contribution in [2.24, 2.45) is 0 Å². The average Bonchev–Trinajstić information content (AvgIpc) is 3.02. The molecule has 0 amide bonds. The molecule has 0 atom stereocenters. The molecule has 7 heteroatoms. The standard InChI is InChI=1S/C20H13ClIN3O2/c1-11(26)27-20-23-17-10-16(21)18(24-19(17)25-20)14-4-2-12(3-5-14)13-6-8-15(22)9-7-13/h2-10H,1H3,(H,23,24,25)/q-1. The molecule has 0 spiro atoms. The van der Waals surface area contributed by atoms with Gasteiger partial charge in [-0.05, 0) is 17.2 Å². The first-order chi connectivity index (χ1) is 13.0. The van der Waals surface area contributed by atoms with Gasteiger partial charge in [0.2, 0.25) is 0 Å². The van der Waals surface area contributed by atoms with Crippen LogP contribution in [0.3, 0.4) is 0 Å². The molecule has 0 bridgehead atoms. The second-order valence-electron chi connectivity index (χ2n) is 5.91. The molecule has 0 unspecified atom stereocenters. The molecule has 1 N–H and O–H groups in total. The maximum absolute atomic E-state index is 11.1. The van der Waals surface area contributed by atoms with Gasteiger partial charge in [0.15, 0.2) is 5.65 Å². The Hall–Kier alpha value is -2.45. The van der Waals surface area contributed by atoms with Gasteiger partial charge in [0.05, 0.1) is 16.2 Å². The van der Waals surface area contributed by atoms with Crippen LogP contribution in [0.2, 0.25) is 5.02 Å². The Morgan fingerprint density at radius 2 is 1.59 bits per heavy atom. The fourth-order valence-electron chi connectivity index (χ4n) is 2.75. The lowest BCUT2D eigenvalue weighted by atomic mass is 10.0. The molecule has 4 rings (SSSR count). The fraction of sp³-hybridized carbons (Fsp3) is 0.0500. The number of pyridine rings is 1. The molecule has 0 saturated heterocycles. The van der Waals surface area contributed by atoms with E-state index in [0.717, 1.165) is 16.7 Å². The van der Waals surface area contributed by atoms with Crippen molar-refractivity contribution in [3.05, 3.63) is 63.2 Å². The van der Waals surface area contributed by atoms with E-state index in [1.54, 1.807) is 6.07 Å². The lowest BCUT2D eigenvalue weighted by molar-refractivity contribution is -0.328. The van der Waals surface area contributed by atoms with Crippen LogP contribution < -0.4 is 27.3 Å². The Labute approximate surface area is 173 Å². The summed E-state index contributed by atoms with van der Waals surface area (Å²) in [5, 5.41) is 0.488. The van der Waals surface area contributed by atoms with Gasteiger partial charge >= 0.3 is 12.0 Å². The van der Waals surface area contributed by atoms with Gasteiger partial charge in [-0.3, -0.25) is 4.79 Å². The lowest BCUT2D eigenvalue weighted by Gasteiger charge is -2.08. The summed E-state index contributed by atoms with van der Waals surface area (Å²) < 4.78 is 6.17. The summed E-state index contributed by atoms with van der Waals surface area (Å²) in [4.78, 5) is 22.7. The predicted molar refractivity (Wildman–Crippen MR) is 99.8 cm³/mol. The number of nitrogens with one attached hydrogen (secondary N) is 1. The SMILES string of the molecule is CC(=O)Oc1nc2nc(-c3ccc(-c4ccc([I-])cc4)cc3)c(Cl)cc2[nH]1. The molecule has 0 aliphatic carbocycles. The number of carbonyl (C=O) groups excluding carboxylic acids is 1. The van der Waals surface area contributed by atoms with Gasteiger partial charge < -0.3 is 32.3 Å². The Morgan fingerprint density at radius 3 is 2.22 bits per heavy atom. The highest BCUT2D eigenvalue weighted by molar-refractivity contribution is 6.33. The highest BCUT2D eigenvalue weighted by Crippen LogP contribution is 2.31. The van der Waals surface area contributed by atoms with Crippen LogP contribution >= 0.6 is 11.6 Å². The number of ether oxygens (including phenoxy) is 1. The quantitative estimate of drug-likeness (QED) is 0.351. The van der Waals surface area contributed by atoms with Crippen LogP contribution in [0.1, 0.15) is 6.92 Å². The number of H-pyrrole nitrogens is 1. The molecule has 2 heterocycles. The molecule has 0 aliphatic rings. The number of aromatic nitrogens is 3. The van der Waals surface area contributed by atoms with Gasteiger partial charge in [0.25, 0.3) is 0 Å². The molecule has 0 saturated carbocycles. The fourth-order valence-corrected chi connectivity index (χ4v) is 3.37. The number of hydrogen-bond acceptors (Lipinski definition) is 4. The van der Waals surface area contributed by atoms with E-state index >= 15 is 0 Å². The van der Waals surface area contributed by atoms with E-state index in [-0.39, 0.29) is 6.01 Å². The summed E-state index contributed by atoms with van der Waals surface area (Å²) in [5.74, 6) is -0.452. The number of hydrogen-bond donors (Lipinski definition) is 1. The molecule has 135 valence electrons. The third kappa shape index (κ3) is 3.81. The van der Waals surface area contributed by atoms with Gasteiger partial charge in [-0.1, -0.05) is 60.1 Å². The molecular weight excluding hydrogens is 477 g/mol. The van der Waals surface area contributed by atoms with Crippen molar-refractivity contribution < 1.29 is 32.1 Å². The van der Waals surface area contributed by atoms with E-state index < -0.39 is 5.97 Å². The molecular formula is C20H13ClIN3O2-. The molecule has 27 heavy (non-hydrogen) atoms. The van der Waals surface area contributed by atoms with Gasteiger partial charge in [-0.25, -0.2) is 4.98 Å². The first kappa shape index (κ1) is 17.9. The highest BCUT2D eigenvalue weighted by atomic mass is 127. The maximum atomic E-state index is 11.1. The van der Waals surface area contributed by atoms with Crippen molar-refractivity contribution in [3.8, 4) is 28.4 Å². The normalized spacial score (nSPS) is 10.9. The molecule has 2 aromatic carbocycles. The summed E-state index contributed by atoms with van der Waals surface area (Å²) in [6.07, 6.45) is 0. The molecule has 5 nitrogen and oxygen atoms in total. The van der Waals surface area contributed by atoms with Crippen LogP contribution in [0.15, 0.2) is 54.6 Å². The van der Waals surface area contributed by atoms with Crippen LogP contribution in [0.5, 0.6) is 6.01 Å². The van der Waals surface area contributed by atoms with Crippen molar-refractivity contribution in [1.82, 2.24) is 15.0 Å². The van der Waals surface area contributed by atoms with Crippen molar-refractivity contribution in [1.29, 1.82) is 0 Å². The minimum atomic E-state index is -0.452. The van der Waals surface area contributed by atoms with Crippen LogP contribution in [0.25, 0.3) is 33.5 Å². The smallest absolute Gasteiger partial charge is 0.310 e. The third-order valence-electron chi connectivity index (χ3n) is 3.98. The molecule has 0 fully saturated rings. The number of carbonyl (C=O) groups is 1. The van der Waals surface area contributed by atoms with Gasteiger partial charge in [-0.2, -0.15) is 8.55 Å². The van der Waals surface area contributed by atoms with Crippen LogP contribution in [0.4, 0.5) is 0 Å². The van der Waals surface area contributed by atoms with E-state index in [1.165, 1.54) is 10.5 Å². The summed E-state index contributed by atoms with van der Waals surface area (Å²) in [5.41, 5.74) is 4.81. The minimum Gasteiger partial charge on any atom is -0.759 e. The number of benzene rings is 2. The summed E-state index contributed by atoms with van der Waals surface area (Å²) in [7, 11) is 0. The largest absolute Gasteiger partial charge is 0.759 e. The van der Waals surface area contributed by atoms with Crippen LogP contribution in [0, 0.1) is 3.57 Å². The number of aromatic amines is 1. The minimum absolute atomic E-state index is 0.104. The number of fused-ring (bicyclic) bond motifs is 1. The number of rotatable bonds is 3. The number of imidazole rings is 1. The van der Waals surface area contributed by atoms with E-state index in [1.807, 2.05) is 24.3 Å². The van der Waals surface area contributed by atoms with Gasteiger partial charge in [0.1, 0.15) is 0 Å². The van der Waals surface area contributed by atoms with Crippen molar-refractivity contribution in [2.45, 2.75) is 6.92 Å². The highest BCUT2D eigenvalue weighted by Gasteiger charge is 2.13. The second-order valence-corrected chi connectivity index (χ2v) is 7.56. The number of nitrogens with zero attached hydrogens (tertiary/aromatic N) is 2. The summed E-state index contributed by atoms with van der Waals surface area (Å²) in [6, 6.07) is 18.2. The van der Waals surface area contributed by atoms with E-state index in [4.69, 9.17) is 16.3 Å². The summed E-state index contributed by atoms with van der Waals surface area (Å²) in [6.45, 7) is 1.31. The van der Waals surface area contributed by atoms with E-state index in [9.17, 15) is 4.79 Å². The summed E-state index contributed by atoms with van der Waals surface area (Å²) >= 11 is 8.70. The van der Waals surface area contributed by atoms with E-state index in [2.05, 4.69) is 61.8 Å². The van der Waals surface area contributed by atoms with Crippen molar-refractivity contribution in [2.75, 3.05) is 0 Å². The molecule has 0 aliphatic heterocycles. The Morgan fingerprint density at radius 1 is 1.00 bits per heavy atom.